The summed E-state index contributed by atoms with van der Waals surface area (Å²) in [5.41, 5.74) is 4.74. The molecule has 0 radical (unpaired) electrons. The smallest absolute Gasteiger partial charge is 0.337 e. The molecule has 146 valence electrons. The first-order valence-corrected chi connectivity index (χ1v) is 11.1. The number of fused-ring (bicyclic) bond motifs is 1. The van der Waals surface area contributed by atoms with Crippen molar-refractivity contribution in [3.05, 3.63) is 64.7 Å². The van der Waals surface area contributed by atoms with E-state index in [2.05, 4.69) is 20.5 Å². The van der Waals surface area contributed by atoms with E-state index in [4.69, 9.17) is 4.74 Å². The maximum Gasteiger partial charge on any atom is 0.337 e. The molecule has 2 aromatic heterocycles. The molecular weight excluding hydrogens is 428 g/mol. The fourth-order valence-electron chi connectivity index (χ4n) is 2.48. The van der Waals surface area contributed by atoms with E-state index in [-0.39, 0.29) is 11.9 Å². The number of nitrogens with zero attached hydrogens (tertiary/aromatic N) is 3. The topological polar surface area (TPSA) is 94.1 Å². The first-order valence-electron chi connectivity index (χ1n) is 8.40. The first kappa shape index (κ1) is 19.5. The van der Waals surface area contributed by atoms with Crippen molar-refractivity contribution < 1.29 is 14.3 Å². The molecule has 4 aromatic rings. The summed E-state index contributed by atoms with van der Waals surface area (Å²) in [6.45, 7) is 0. The van der Waals surface area contributed by atoms with Crippen LogP contribution in [0.25, 0.3) is 10.2 Å². The highest BCUT2D eigenvalue weighted by Gasteiger charge is 2.12. The zero-order chi connectivity index (χ0) is 20.2. The highest BCUT2D eigenvalue weighted by molar-refractivity contribution is 8.00. The van der Waals surface area contributed by atoms with Crippen LogP contribution in [0.4, 0.5) is 5.13 Å². The number of esters is 1. The third kappa shape index (κ3) is 4.61. The molecule has 0 atom stereocenters. The summed E-state index contributed by atoms with van der Waals surface area (Å²) in [5.74, 6) is 0.0844. The van der Waals surface area contributed by atoms with Crippen LogP contribution in [0.5, 0.6) is 0 Å². The van der Waals surface area contributed by atoms with Crippen molar-refractivity contribution in [3.63, 3.8) is 0 Å². The first-order chi connectivity index (χ1) is 14.1. The van der Waals surface area contributed by atoms with Gasteiger partial charge in [0.15, 0.2) is 4.34 Å². The Bertz CT molecular complexity index is 1170. The summed E-state index contributed by atoms with van der Waals surface area (Å²) in [6.07, 6.45) is 0. The van der Waals surface area contributed by atoms with Gasteiger partial charge in [-0.05, 0) is 35.9 Å². The number of hydrogen-bond acceptors (Lipinski definition) is 9. The van der Waals surface area contributed by atoms with Crippen molar-refractivity contribution in [1.82, 2.24) is 15.2 Å². The lowest BCUT2D eigenvalue weighted by atomic mass is 10.1. The average molecular weight is 443 g/mol. The highest BCUT2D eigenvalue weighted by Crippen LogP contribution is 2.29. The number of rotatable bonds is 6. The number of carbonyl (C=O) groups excluding carboxylic acids is 2. The standard InChI is InChI=1S/C19H14N4O3S3/c1-26-17(25)12-4-2-11(3-5-12)9-27-19-23-22-18(29-19)21-16(24)13-6-7-14-15(8-13)28-10-20-14/h2-8,10H,9H2,1H3,(H,21,22,24). The van der Waals surface area contributed by atoms with Gasteiger partial charge in [-0.2, -0.15) is 0 Å². The number of thioether (sulfide) groups is 1. The van der Waals surface area contributed by atoms with Crippen LogP contribution >= 0.6 is 34.4 Å². The van der Waals surface area contributed by atoms with Crippen LogP contribution in [0.1, 0.15) is 26.3 Å². The van der Waals surface area contributed by atoms with Crippen LogP contribution in [0, 0.1) is 0 Å². The molecular formula is C19H14N4O3S3. The maximum absolute atomic E-state index is 12.4. The van der Waals surface area contributed by atoms with Gasteiger partial charge in [-0.1, -0.05) is 35.2 Å². The van der Waals surface area contributed by atoms with E-state index in [0.29, 0.717) is 22.0 Å². The Balaban J connectivity index is 1.35. The van der Waals surface area contributed by atoms with E-state index in [9.17, 15) is 9.59 Å². The molecule has 0 aliphatic heterocycles. The number of thiazole rings is 1. The maximum atomic E-state index is 12.4. The number of ether oxygens (including phenoxy) is 1. The predicted octanol–water partition coefficient (Wildman–Crippen LogP) is 4.48. The molecule has 2 aromatic carbocycles. The van der Waals surface area contributed by atoms with Crippen molar-refractivity contribution in [1.29, 1.82) is 0 Å². The summed E-state index contributed by atoms with van der Waals surface area (Å²) in [7, 11) is 1.36. The fraction of sp³-hybridized carbons (Fsp3) is 0.105. The van der Waals surface area contributed by atoms with Gasteiger partial charge in [-0.25, -0.2) is 9.78 Å². The molecule has 1 N–H and O–H groups in total. The number of methoxy groups -OCH3 is 1. The second-order valence-corrected chi connectivity index (χ2v) is 8.93. The van der Waals surface area contributed by atoms with Crippen LogP contribution in [0.2, 0.25) is 0 Å². The lowest BCUT2D eigenvalue weighted by Gasteiger charge is -2.02. The van der Waals surface area contributed by atoms with Crippen molar-refractivity contribution in [3.8, 4) is 0 Å². The Morgan fingerprint density at radius 3 is 2.69 bits per heavy atom. The molecule has 0 saturated carbocycles. The van der Waals surface area contributed by atoms with E-state index < -0.39 is 0 Å². The number of anilines is 1. The van der Waals surface area contributed by atoms with Crippen molar-refractivity contribution in [2.75, 3.05) is 12.4 Å². The molecule has 0 unspecified atom stereocenters. The van der Waals surface area contributed by atoms with Crippen LogP contribution in [0.3, 0.4) is 0 Å². The van der Waals surface area contributed by atoms with E-state index in [1.807, 2.05) is 24.3 Å². The molecule has 2 heterocycles. The van der Waals surface area contributed by atoms with Gasteiger partial charge in [-0.15, -0.1) is 21.5 Å². The van der Waals surface area contributed by atoms with Crippen LogP contribution in [-0.4, -0.2) is 34.2 Å². The van der Waals surface area contributed by atoms with E-state index >= 15 is 0 Å². The number of nitrogens with one attached hydrogen (secondary N) is 1. The molecule has 7 nitrogen and oxygen atoms in total. The van der Waals surface area contributed by atoms with Crippen molar-refractivity contribution in [2.24, 2.45) is 0 Å². The molecule has 0 saturated heterocycles. The molecule has 1 amide bonds. The summed E-state index contributed by atoms with van der Waals surface area (Å²) in [5, 5.41) is 11.4. The molecule has 4 rings (SSSR count). The van der Waals surface area contributed by atoms with Gasteiger partial charge in [0.05, 0.1) is 28.4 Å². The van der Waals surface area contributed by atoms with Gasteiger partial charge in [0.25, 0.3) is 5.91 Å². The Morgan fingerprint density at radius 2 is 1.90 bits per heavy atom. The third-order valence-corrected chi connectivity index (χ3v) is 6.79. The van der Waals surface area contributed by atoms with Gasteiger partial charge in [0, 0.05) is 11.3 Å². The average Bonchev–Trinajstić information content (AvgIpc) is 3.40. The minimum atomic E-state index is -0.358. The van der Waals surface area contributed by atoms with Crippen molar-refractivity contribution >= 4 is 61.7 Å². The van der Waals surface area contributed by atoms with Crippen LogP contribution in [0.15, 0.2) is 52.3 Å². The second kappa shape index (κ2) is 8.68. The van der Waals surface area contributed by atoms with E-state index in [1.165, 1.54) is 41.5 Å². The normalized spacial score (nSPS) is 10.8. The van der Waals surface area contributed by atoms with E-state index in [1.54, 1.807) is 23.7 Å². The summed E-state index contributed by atoms with van der Waals surface area (Å²) >= 11 is 4.32. The monoisotopic (exact) mass is 442 g/mol. The molecule has 10 heteroatoms. The summed E-state index contributed by atoms with van der Waals surface area (Å²) < 4.78 is 6.40. The lowest BCUT2D eigenvalue weighted by molar-refractivity contribution is 0.0600. The Morgan fingerprint density at radius 1 is 1.10 bits per heavy atom. The van der Waals surface area contributed by atoms with Gasteiger partial charge >= 0.3 is 5.97 Å². The number of benzene rings is 2. The Hall–Kier alpha value is -2.82. The number of hydrogen-bond donors (Lipinski definition) is 1. The Kier molecular flexibility index (Phi) is 5.84. The lowest BCUT2D eigenvalue weighted by Crippen LogP contribution is -2.11. The number of aromatic nitrogens is 3. The van der Waals surface area contributed by atoms with Crippen molar-refractivity contribution in [2.45, 2.75) is 10.1 Å². The summed E-state index contributed by atoms with van der Waals surface area (Å²) in [4.78, 5) is 28.1. The third-order valence-electron chi connectivity index (χ3n) is 3.96. The minimum absolute atomic E-state index is 0.230. The van der Waals surface area contributed by atoms with Gasteiger partial charge in [0.1, 0.15) is 0 Å². The van der Waals surface area contributed by atoms with Gasteiger partial charge in [0.2, 0.25) is 5.13 Å². The number of amides is 1. The van der Waals surface area contributed by atoms with Gasteiger partial charge in [-0.3, -0.25) is 10.1 Å². The molecule has 0 bridgehead atoms. The molecule has 0 aliphatic rings. The minimum Gasteiger partial charge on any atom is -0.465 e. The number of carbonyl (C=O) groups is 2. The molecule has 29 heavy (non-hydrogen) atoms. The van der Waals surface area contributed by atoms with E-state index in [0.717, 1.165) is 20.1 Å². The zero-order valence-corrected chi connectivity index (χ0v) is 17.6. The largest absolute Gasteiger partial charge is 0.465 e. The quantitative estimate of drug-likeness (QED) is 0.267. The second-order valence-electron chi connectivity index (χ2n) is 5.84. The fourth-order valence-corrected chi connectivity index (χ4v) is 4.90. The van der Waals surface area contributed by atoms with Gasteiger partial charge < -0.3 is 4.74 Å². The molecule has 0 aliphatic carbocycles. The Labute approximate surface area is 178 Å². The highest BCUT2D eigenvalue weighted by atomic mass is 32.2. The van der Waals surface area contributed by atoms with Crippen LogP contribution in [-0.2, 0) is 10.5 Å². The van der Waals surface area contributed by atoms with Crippen LogP contribution < -0.4 is 5.32 Å². The predicted molar refractivity (Wildman–Crippen MR) is 115 cm³/mol. The molecule has 0 spiro atoms. The SMILES string of the molecule is COC(=O)c1ccc(CSc2nnc(NC(=O)c3ccc4ncsc4c3)s2)cc1. The summed E-state index contributed by atoms with van der Waals surface area (Å²) in [6, 6.07) is 12.6. The zero-order valence-electron chi connectivity index (χ0n) is 15.1. The molecule has 0 fully saturated rings.